The summed E-state index contributed by atoms with van der Waals surface area (Å²) < 4.78 is 27.2. The lowest BCUT2D eigenvalue weighted by molar-refractivity contribution is -0.120. The Morgan fingerprint density at radius 1 is 0.950 bits per heavy atom. The Bertz CT molecular complexity index is 626. The molecule has 0 atom stereocenters. The molecule has 0 saturated carbocycles. The molecular weight excluding hydrogens is 274 g/mol. The number of Topliss-reactive ketones (excluding diaryl/α,β-unsaturated/α-hetero) is 1. The van der Waals surface area contributed by atoms with Crippen LogP contribution in [0.15, 0.2) is 11.0 Å². The van der Waals surface area contributed by atoms with Crippen molar-refractivity contribution in [1.82, 2.24) is 4.31 Å². The first-order valence-electron chi connectivity index (χ1n) is 6.84. The van der Waals surface area contributed by atoms with Crippen LogP contribution in [-0.4, -0.2) is 31.6 Å². The zero-order chi connectivity index (χ0) is 15.1. The average Bonchev–Trinajstić information content (AvgIpc) is 2.37. The van der Waals surface area contributed by atoms with Crippen molar-refractivity contribution in [3.05, 3.63) is 28.3 Å². The summed E-state index contributed by atoms with van der Waals surface area (Å²) in [5, 5.41) is 0. The van der Waals surface area contributed by atoms with Crippen molar-refractivity contribution < 1.29 is 13.2 Å². The van der Waals surface area contributed by atoms with E-state index in [9.17, 15) is 13.2 Å². The number of nitrogens with zero attached hydrogens (tertiary/aromatic N) is 1. The van der Waals surface area contributed by atoms with Crippen molar-refractivity contribution in [2.24, 2.45) is 0 Å². The van der Waals surface area contributed by atoms with Gasteiger partial charge in [0.2, 0.25) is 10.0 Å². The van der Waals surface area contributed by atoms with Crippen LogP contribution in [0.3, 0.4) is 0 Å². The minimum absolute atomic E-state index is 0.144. The van der Waals surface area contributed by atoms with Crippen LogP contribution in [0.5, 0.6) is 0 Å². The standard InChI is InChI=1S/C15H21NO3S/c1-10-9-11(2)13(4)15(12(10)3)20(18,19)16-7-5-14(17)6-8-16/h9H,5-8H2,1-4H3. The van der Waals surface area contributed by atoms with Gasteiger partial charge in [0.15, 0.2) is 0 Å². The molecule has 0 amide bonds. The summed E-state index contributed by atoms with van der Waals surface area (Å²) in [7, 11) is -3.51. The van der Waals surface area contributed by atoms with Crippen LogP contribution >= 0.6 is 0 Å². The molecule has 0 bridgehead atoms. The first kappa shape index (κ1) is 15.2. The fourth-order valence-corrected chi connectivity index (χ4v) is 4.69. The molecule has 5 heteroatoms. The van der Waals surface area contributed by atoms with Gasteiger partial charge in [-0.05, 0) is 49.9 Å². The topological polar surface area (TPSA) is 54.5 Å². The van der Waals surface area contributed by atoms with Crippen molar-refractivity contribution in [1.29, 1.82) is 0 Å². The van der Waals surface area contributed by atoms with E-state index in [-0.39, 0.29) is 5.78 Å². The second-order valence-corrected chi connectivity index (χ2v) is 7.41. The van der Waals surface area contributed by atoms with Gasteiger partial charge in [-0.2, -0.15) is 4.31 Å². The van der Waals surface area contributed by atoms with E-state index in [2.05, 4.69) is 0 Å². The number of sulfonamides is 1. The van der Waals surface area contributed by atoms with Crippen LogP contribution < -0.4 is 0 Å². The van der Waals surface area contributed by atoms with Gasteiger partial charge in [-0.25, -0.2) is 8.42 Å². The highest BCUT2D eigenvalue weighted by molar-refractivity contribution is 7.89. The minimum atomic E-state index is -3.51. The maximum absolute atomic E-state index is 12.9. The Kier molecular flexibility index (Phi) is 4.02. The van der Waals surface area contributed by atoms with Gasteiger partial charge >= 0.3 is 0 Å². The first-order chi connectivity index (χ1) is 9.25. The second-order valence-electron chi connectivity index (χ2n) is 5.53. The molecule has 0 aromatic heterocycles. The van der Waals surface area contributed by atoms with Gasteiger partial charge in [-0.15, -0.1) is 0 Å². The second kappa shape index (κ2) is 5.30. The number of hydrogen-bond acceptors (Lipinski definition) is 3. The highest BCUT2D eigenvalue weighted by Crippen LogP contribution is 2.29. The predicted molar refractivity (Wildman–Crippen MR) is 78.4 cm³/mol. The molecule has 0 aliphatic carbocycles. The summed E-state index contributed by atoms with van der Waals surface area (Å²) in [5.74, 6) is 0.144. The third-order valence-electron chi connectivity index (χ3n) is 4.18. The van der Waals surface area contributed by atoms with Crippen LogP contribution in [0.25, 0.3) is 0 Å². The summed E-state index contributed by atoms with van der Waals surface area (Å²) >= 11 is 0. The molecule has 0 radical (unpaired) electrons. The molecule has 0 unspecified atom stereocenters. The Morgan fingerprint density at radius 2 is 1.40 bits per heavy atom. The minimum Gasteiger partial charge on any atom is -0.300 e. The van der Waals surface area contributed by atoms with Crippen LogP contribution in [0.1, 0.15) is 35.1 Å². The zero-order valence-electron chi connectivity index (χ0n) is 12.5. The van der Waals surface area contributed by atoms with Crippen molar-refractivity contribution in [3.63, 3.8) is 0 Å². The molecule has 4 nitrogen and oxygen atoms in total. The Balaban J connectivity index is 2.52. The quantitative estimate of drug-likeness (QED) is 0.841. The molecule has 1 saturated heterocycles. The molecule has 1 aromatic carbocycles. The summed E-state index contributed by atoms with van der Waals surface area (Å²) in [6.07, 6.45) is 0.643. The van der Waals surface area contributed by atoms with E-state index < -0.39 is 10.0 Å². The van der Waals surface area contributed by atoms with Gasteiger partial charge in [0, 0.05) is 25.9 Å². The molecule has 0 N–H and O–H groups in total. The van der Waals surface area contributed by atoms with E-state index in [1.807, 2.05) is 33.8 Å². The summed E-state index contributed by atoms with van der Waals surface area (Å²) in [4.78, 5) is 11.7. The van der Waals surface area contributed by atoms with E-state index in [4.69, 9.17) is 0 Å². The average molecular weight is 295 g/mol. The predicted octanol–water partition coefficient (Wildman–Crippen LogP) is 2.27. The van der Waals surface area contributed by atoms with Crippen molar-refractivity contribution in [3.8, 4) is 0 Å². The molecule has 1 aromatic rings. The fourth-order valence-electron chi connectivity index (χ4n) is 2.67. The van der Waals surface area contributed by atoms with E-state index in [0.29, 0.717) is 30.8 Å². The molecule has 1 heterocycles. The van der Waals surface area contributed by atoms with Crippen LogP contribution in [0.2, 0.25) is 0 Å². The van der Waals surface area contributed by atoms with Crippen molar-refractivity contribution in [2.75, 3.05) is 13.1 Å². The van der Waals surface area contributed by atoms with Crippen LogP contribution in [0.4, 0.5) is 0 Å². The third kappa shape index (κ3) is 2.52. The van der Waals surface area contributed by atoms with Gasteiger partial charge < -0.3 is 0 Å². The number of hydrogen-bond donors (Lipinski definition) is 0. The van der Waals surface area contributed by atoms with E-state index >= 15 is 0 Å². The highest BCUT2D eigenvalue weighted by atomic mass is 32.2. The lowest BCUT2D eigenvalue weighted by Gasteiger charge is -2.27. The molecule has 110 valence electrons. The zero-order valence-corrected chi connectivity index (χ0v) is 13.3. The number of rotatable bonds is 2. The lowest BCUT2D eigenvalue weighted by Crippen LogP contribution is -2.39. The lowest BCUT2D eigenvalue weighted by atomic mass is 10.0. The number of carbonyl (C=O) groups excluding carboxylic acids is 1. The summed E-state index contributed by atoms with van der Waals surface area (Å²) in [5.41, 5.74) is 3.59. The number of benzene rings is 1. The Labute approximate surface area is 120 Å². The van der Waals surface area contributed by atoms with E-state index in [0.717, 1.165) is 22.3 Å². The van der Waals surface area contributed by atoms with E-state index in [1.165, 1.54) is 4.31 Å². The highest BCUT2D eigenvalue weighted by Gasteiger charge is 2.31. The van der Waals surface area contributed by atoms with Gasteiger partial charge in [-0.3, -0.25) is 4.79 Å². The number of ketones is 1. The normalized spacial score (nSPS) is 17.5. The molecule has 0 spiro atoms. The monoisotopic (exact) mass is 295 g/mol. The first-order valence-corrected chi connectivity index (χ1v) is 8.28. The van der Waals surface area contributed by atoms with Crippen LogP contribution in [-0.2, 0) is 14.8 Å². The van der Waals surface area contributed by atoms with Crippen molar-refractivity contribution in [2.45, 2.75) is 45.4 Å². The van der Waals surface area contributed by atoms with Crippen LogP contribution in [0, 0.1) is 27.7 Å². The number of piperidine rings is 1. The number of carbonyl (C=O) groups is 1. The smallest absolute Gasteiger partial charge is 0.243 e. The molecule has 1 aliphatic rings. The Hall–Kier alpha value is -1.20. The third-order valence-corrected chi connectivity index (χ3v) is 6.35. The van der Waals surface area contributed by atoms with Gasteiger partial charge in [0.25, 0.3) is 0 Å². The SMILES string of the molecule is Cc1cc(C)c(C)c(S(=O)(=O)N2CCC(=O)CC2)c1C. The molecular formula is C15H21NO3S. The largest absolute Gasteiger partial charge is 0.300 e. The molecule has 2 rings (SSSR count). The maximum Gasteiger partial charge on any atom is 0.243 e. The molecule has 20 heavy (non-hydrogen) atoms. The Morgan fingerprint density at radius 3 is 1.85 bits per heavy atom. The molecule has 1 fully saturated rings. The van der Waals surface area contributed by atoms with E-state index in [1.54, 1.807) is 0 Å². The number of aryl methyl sites for hydroxylation is 2. The van der Waals surface area contributed by atoms with Gasteiger partial charge in [0.1, 0.15) is 5.78 Å². The molecule has 1 aliphatic heterocycles. The summed E-state index contributed by atoms with van der Waals surface area (Å²) in [6.45, 7) is 8.16. The van der Waals surface area contributed by atoms with Crippen molar-refractivity contribution >= 4 is 15.8 Å². The fraction of sp³-hybridized carbons (Fsp3) is 0.533. The van der Waals surface area contributed by atoms with Gasteiger partial charge in [-0.1, -0.05) is 6.07 Å². The van der Waals surface area contributed by atoms with Gasteiger partial charge in [0.05, 0.1) is 4.90 Å². The maximum atomic E-state index is 12.9. The summed E-state index contributed by atoms with van der Waals surface area (Å²) in [6, 6.07) is 2.02.